The lowest BCUT2D eigenvalue weighted by Crippen LogP contribution is -2.50. The second-order valence-corrected chi connectivity index (χ2v) is 7.26. The molecule has 2 rings (SSSR count). The lowest BCUT2D eigenvalue weighted by Gasteiger charge is -2.31. The van der Waals surface area contributed by atoms with E-state index in [0.717, 1.165) is 0 Å². The van der Waals surface area contributed by atoms with Gasteiger partial charge in [-0.05, 0) is 24.6 Å². The van der Waals surface area contributed by atoms with Gasteiger partial charge in [-0.3, -0.25) is 9.59 Å². The minimum Gasteiger partial charge on any atom is -0.367 e. The molecule has 1 aromatic carbocycles. The van der Waals surface area contributed by atoms with E-state index < -0.39 is 22.0 Å². The van der Waals surface area contributed by atoms with E-state index >= 15 is 0 Å². The molecule has 0 aromatic heterocycles. The number of hydrogen-bond donors (Lipinski definition) is 2. The fourth-order valence-electron chi connectivity index (χ4n) is 2.45. The number of hydrogen-bond acceptors (Lipinski definition) is 5. The summed E-state index contributed by atoms with van der Waals surface area (Å²) < 4.78 is 31.9. The largest absolute Gasteiger partial charge is 0.367 e. The molecule has 8 nitrogen and oxygen atoms in total. The Morgan fingerprint density at radius 2 is 2.12 bits per heavy atom. The molecule has 1 aromatic rings. The Labute approximate surface area is 141 Å². The lowest BCUT2D eigenvalue weighted by atomic mass is 10.1. The fourth-order valence-corrected chi connectivity index (χ4v) is 3.52. The zero-order valence-corrected chi connectivity index (χ0v) is 14.4. The summed E-state index contributed by atoms with van der Waals surface area (Å²) in [6.07, 6.45) is -0.850. The number of primary amides is 1. The highest BCUT2D eigenvalue weighted by Crippen LogP contribution is 2.19. The van der Waals surface area contributed by atoms with Crippen LogP contribution in [0, 0.1) is 6.92 Å². The summed E-state index contributed by atoms with van der Waals surface area (Å²) in [4.78, 5) is 25.5. The van der Waals surface area contributed by atoms with Crippen molar-refractivity contribution in [1.29, 1.82) is 0 Å². The molecule has 3 N–H and O–H groups in total. The number of aryl methyl sites for hydroxylation is 1. The number of nitrogens with two attached hydrogens (primary N) is 1. The van der Waals surface area contributed by atoms with Gasteiger partial charge in [0.25, 0.3) is 5.91 Å². The summed E-state index contributed by atoms with van der Waals surface area (Å²) in [5.74, 6) is -0.983. The maximum absolute atomic E-state index is 12.7. The van der Waals surface area contributed by atoms with Gasteiger partial charge in [0, 0.05) is 18.7 Å². The number of ether oxygens (including phenoxy) is 1. The number of amides is 2. The topological polar surface area (TPSA) is 119 Å². The molecule has 1 heterocycles. The van der Waals surface area contributed by atoms with Crippen LogP contribution in [0.5, 0.6) is 0 Å². The van der Waals surface area contributed by atoms with E-state index in [4.69, 9.17) is 10.5 Å². The van der Waals surface area contributed by atoms with Crippen molar-refractivity contribution < 1.29 is 22.7 Å². The van der Waals surface area contributed by atoms with E-state index in [1.807, 2.05) is 0 Å². The van der Waals surface area contributed by atoms with Crippen LogP contribution in [0.2, 0.25) is 0 Å². The van der Waals surface area contributed by atoms with Gasteiger partial charge < -0.3 is 15.4 Å². The van der Waals surface area contributed by atoms with E-state index in [1.54, 1.807) is 19.9 Å². The van der Waals surface area contributed by atoms with Gasteiger partial charge in [-0.2, -0.15) is 0 Å². The second kappa shape index (κ2) is 7.29. The van der Waals surface area contributed by atoms with Crippen LogP contribution in [0.25, 0.3) is 0 Å². The second-order valence-electron chi connectivity index (χ2n) is 5.49. The van der Waals surface area contributed by atoms with Crippen LogP contribution in [-0.4, -0.2) is 57.5 Å². The molecule has 24 heavy (non-hydrogen) atoms. The van der Waals surface area contributed by atoms with Gasteiger partial charge in [-0.15, -0.1) is 0 Å². The highest BCUT2D eigenvalue weighted by molar-refractivity contribution is 7.89. The molecule has 1 unspecified atom stereocenters. The van der Waals surface area contributed by atoms with E-state index in [9.17, 15) is 18.0 Å². The van der Waals surface area contributed by atoms with Gasteiger partial charge in [0.15, 0.2) is 6.10 Å². The van der Waals surface area contributed by atoms with Crippen LogP contribution in [0.3, 0.4) is 0 Å². The van der Waals surface area contributed by atoms with Crippen molar-refractivity contribution in [2.45, 2.75) is 24.8 Å². The number of benzene rings is 1. The first-order valence-electron chi connectivity index (χ1n) is 7.56. The number of rotatable bonds is 5. The molecule has 9 heteroatoms. The minimum absolute atomic E-state index is 0.0259. The highest BCUT2D eigenvalue weighted by Gasteiger charge is 2.29. The van der Waals surface area contributed by atoms with Crippen molar-refractivity contribution in [1.82, 2.24) is 9.62 Å². The summed E-state index contributed by atoms with van der Waals surface area (Å²) in [7, 11) is -3.66. The van der Waals surface area contributed by atoms with Gasteiger partial charge in [-0.25, -0.2) is 13.1 Å². The predicted molar refractivity (Wildman–Crippen MR) is 86.9 cm³/mol. The van der Waals surface area contributed by atoms with Crippen LogP contribution in [0.15, 0.2) is 23.1 Å². The molecule has 1 aliphatic rings. The van der Waals surface area contributed by atoms with Gasteiger partial charge >= 0.3 is 0 Å². The van der Waals surface area contributed by atoms with Crippen molar-refractivity contribution in [3.05, 3.63) is 29.3 Å². The third kappa shape index (κ3) is 3.92. The third-order valence-electron chi connectivity index (χ3n) is 3.76. The molecule has 1 atom stereocenters. The summed E-state index contributed by atoms with van der Waals surface area (Å²) in [6, 6.07) is 4.39. The third-order valence-corrected chi connectivity index (χ3v) is 5.30. The van der Waals surface area contributed by atoms with E-state index in [0.29, 0.717) is 12.1 Å². The van der Waals surface area contributed by atoms with Crippen molar-refractivity contribution in [3.63, 3.8) is 0 Å². The Morgan fingerprint density at radius 3 is 2.75 bits per heavy atom. The molecular weight excluding hydrogens is 334 g/mol. The molecule has 0 aliphatic carbocycles. The summed E-state index contributed by atoms with van der Waals surface area (Å²) >= 11 is 0. The van der Waals surface area contributed by atoms with Crippen LogP contribution in [0.1, 0.15) is 22.8 Å². The van der Waals surface area contributed by atoms with Crippen LogP contribution in [0.4, 0.5) is 0 Å². The highest BCUT2D eigenvalue weighted by atomic mass is 32.2. The Balaban J connectivity index is 2.30. The average molecular weight is 355 g/mol. The maximum atomic E-state index is 12.7. The number of carbonyl (C=O) groups excluding carboxylic acids is 2. The van der Waals surface area contributed by atoms with Gasteiger partial charge in [-0.1, -0.05) is 13.0 Å². The van der Waals surface area contributed by atoms with Crippen molar-refractivity contribution >= 4 is 21.8 Å². The maximum Gasteiger partial charge on any atom is 0.254 e. The standard InChI is InChI=1S/C15H21N3O5S/c1-3-17-24(21,22)11-5-4-10(2)12(8-11)15(20)18-6-7-23-13(9-18)14(16)19/h4-5,8,13,17H,3,6-7,9H2,1-2H3,(H2,16,19). The monoisotopic (exact) mass is 355 g/mol. The normalized spacial score (nSPS) is 18.4. The van der Waals surface area contributed by atoms with Crippen LogP contribution >= 0.6 is 0 Å². The Morgan fingerprint density at radius 1 is 1.42 bits per heavy atom. The predicted octanol–water partition coefficient (Wildman–Crippen LogP) is -0.380. The van der Waals surface area contributed by atoms with Gasteiger partial charge in [0.05, 0.1) is 18.0 Å². The first kappa shape index (κ1) is 18.4. The number of carbonyl (C=O) groups is 2. The molecule has 1 aliphatic heterocycles. The molecular formula is C15H21N3O5S. The van der Waals surface area contributed by atoms with Crippen LogP contribution < -0.4 is 10.5 Å². The van der Waals surface area contributed by atoms with Crippen molar-refractivity contribution in [3.8, 4) is 0 Å². The quantitative estimate of drug-likeness (QED) is 0.746. The van der Waals surface area contributed by atoms with Crippen LogP contribution in [-0.2, 0) is 19.6 Å². The van der Waals surface area contributed by atoms with E-state index in [1.165, 1.54) is 17.0 Å². The number of nitrogens with one attached hydrogen (secondary N) is 1. The lowest BCUT2D eigenvalue weighted by molar-refractivity contribution is -0.133. The minimum atomic E-state index is -3.66. The SMILES string of the molecule is CCNS(=O)(=O)c1ccc(C)c(C(=O)N2CCOC(C(N)=O)C2)c1. The summed E-state index contributed by atoms with van der Waals surface area (Å²) in [6.45, 7) is 4.22. The smallest absolute Gasteiger partial charge is 0.254 e. The van der Waals surface area contributed by atoms with Crippen molar-refractivity contribution in [2.75, 3.05) is 26.2 Å². The molecule has 132 valence electrons. The molecule has 0 saturated carbocycles. The first-order chi connectivity index (χ1) is 11.3. The number of nitrogens with zero attached hydrogens (tertiary/aromatic N) is 1. The fraction of sp³-hybridized carbons (Fsp3) is 0.467. The van der Waals surface area contributed by atoms with E-state index in [-0.39, 0.29) is 36.1 Å². The molecule has 1 saturated heterocycles. The number of sulfonamides is 1. The Bertz CT molecular complexity index is 747. The molecule has 0 spiro atoms. The van der Waals surface area contributed by atoms with E-state index in [2.05, 4.69) is 4.72 Å². The van der Waals surface area contributed by atoms with Crippen molar-refractivity contribution in [2.24, 2.45) is 5.73 Å². The molecule has 0 bridgehead atoms. The Hall–Kier alpha value is -1.97. The van der Waals surface area contributed by atoms with Gasteiger partial charge in [0.1, 0.15) is 0 Å². The summed E-state index contributed by atoms with van der Waals surface area (Å²) in [5, 5.41) is 0. The van der Waals surface area contributed by atoms with Gasteiger partial charge in [0.2, 0.25) is 15.9 Å². The summed E-state index contributed by atoms with van der Waals surface area (Å²) in [5.41, 5.74) is 6.15. The molecule has 1 fully saturated rings. The zero-order valence-electron chi connectivity index (χ0n) is 13.6. The zero-order chi connectivity index (χ0) is 17.9. The Kier molecular flexibility index (Phi) is 5.58. The molecule has 2 amide bonds. The molecule has 0 radical (unpaired) electrons. The average Bonchev–Trinajstić information content (AvgIpc) is 2.54. The first-order valence-corrected chi connectivity index (χ1v) is 9.05. The number of morpholine rings is 1.